The summed E-state index contributed by atoms with van der Waals surface area (Å²) in [4.78, 5) is 0.641. The Morgan fingerprint density at radius 2 is 1.35 bits per heavy atom. The molecule has 1 unspecified atom stereocenters. The molecule has 0 aliphatic carbocycles. The lowest BCUT2D eigenvalue weighted by Gasteiger charge is -1.98. The summed E-state index contributed by atoms with van der Waals surface area (Å²) in [6.45, 7) is 0. The Labute approximate surface area is 103 Å². The summed E-state index contributed by atoms with van der Waals surface area (Å²) in [5.41, 5.74) is 2.21. The molecule has 17 heavy (non-hydrogen) atoms. The van der Waals surface area contributed by atoms with Crippen molar-refractivity contribution in [3.8, 4) is 0 Å². The van der Waals surface area contributed by atoms with E-state index in [2.05, 4.69) is 0 Å². The third-order valence-electron chi connectivity index (χ3n) is 2.37. The summed E-state index contributed by atoms with van der Waals surface area (Å²) in [6, 6.07) is 17.4. The fraction of sp³-hybridized carbons (Fsp3) is 0. The lowest BCUT2D eigenvalue weighted by atomic mass is 10.1. The van der Waals surface area contributed by atoms with Crippen molar-refractivity contribution in [2.75, 3.05) is 0 Å². The maximum absolute atomic E-state index is 9.10. The summed E-state index contributed by atoms with van der Waals surface area (Å²) in [5.74, 6) is 0. The minimum absolute atomic E-state index is 0.641. The Bertz CT molecular complexity index is 532. The summed E-state index contributed by atoms with van der Waals surface area (Å²) in [5, 5.41) is 0. The van der Waals surface area contributed by atoms with Gasteiger partial charge in [-0.1, -0.05) is 54.6 Å². The van der Waals surface area contributed by atoms with Gasteiger partial charge in [0.1, 0.15) is 0 Å². The van der Waals surface area contributed by atoms with Gasteiger partial charge in [-0.3, -0.25) is 4.78 Å². The predicted molar refractivity (Wildman–Crippen MR) is 72.8 cm³/mol. The molecule has 0 fully saturated rings. The maximum atomic E-state index is 9.10. The van der Waals surface area contributed by atoms with E-state index in [4.69, 9.17) is 9.33 Å². The van der Waals surface area contributed by atoms with Gasteiger partial charge in [-0.2, -0.15) is 0 Å². The van der Waals surface area contributed by atoms with E-state index in [9.17, 15) is 0 Å². The van der Waals surface area contributed by atoms with E-state index in [1.54, 1.807) is 12.1 Å². The van der Waals surface area contributed by atoms with Gasteiger partial charge in [-0.05, 0) is 23.3 Å². The van der Waals surface area contributed by atoms with Crippen LogP contribution in [0.2, 0.25) is 0 Å². The van der Waals surface area contributed by atoms with Crippen molar-refractivity contribution in [2.24, 2.45) is 0 Å². The van der Waals surface area contributed by atoms with Crippen LogP contribution in [0.3, 0.4) is 0 Å². The average molecular weight is 243 g/mol. The molecule has 0 aliphatic rings. The zero-order valence-electron chi connectivity index (χ0n) is 9.21. The van der Waals surface area contributed by atoms with Gasteiger partial charge in [0.05, 0.1) is 11.0 Å². The Kier molecular flexibility index (Phi) is 3.85. The van der Waals surface area contributed by atoms with E-state index >= 15 is 0 Å². The first-order chi connectivity index (χ1) is 8.25. The van der Waals surface area contributed by atoms with E-state index in [1.807, 2.05) is 54.6 Å². The fourth-order valence-electron chi connectivity index (χ4n) is 1.46. The Morgan fingerprint density at radius 3 is 1.88 bits per heavy atom. The van der Waals surface area contributed by atoms with Crippen LogP contribution < -0.4 is 0 Å². The smallest absolute Gasteiger partial charge is 0.0570 e. The maximum Gasteiger partial charge on any atom is 0.0570 e. The second-order valence-corrected chi connectivity index (χ2v) is 4.64. The van der Waals surface area contributed by atoms with Crippen molar-refractivity contribution >= 4 is 23.1 Å². The zero-order chi connectivity index (χ0) is 12.1. The van der Waals surface area contributed by atoms with E-state index in [0.717, 1.165) is 11.1 Å². The van der Waals surface area contributed by atoms with Crippen molar-refractivity contribution in [2.45, 2.75) is 4.90 Å². The van der Waals surface area contributed by atoms with Gasteiger partial charge in [-0.25, -0.2) is 0 Å². The van der Waals surface area contributed by atoms with Gasteiger partial charge in [0.25, 0.3) is 0 Å². The molecule has 0 heterocycles. The molecule has 86 valence electrons. The second-order valence-electron chi connectivity index (χ2n) is 3.60. The van der Waals surface area contributed by atoms with Crippen molar-refractivity contribution in [1.82, 2.24) is 0 Å². The number of rotatable bonds is 3. The fourth-order valence-corrected chi connectivity index (χ4v) is 1.86. The third kappa shape index (κ3) is 3.37. The first-order valence-electron chi connectivity index (χ1n) is 5.23. The number of hydrogen-bond donors (Lipinski definition) is 2. The summed E-state index contributed by atoms with van der Waals surface area (Å²) < 4.78 is 16.3. The lowest BCUT2D eigenvalue weighted by molar-refractivity contribution is 0.645. The third-order valence-corrected chi connectivity index (χ3v) is 3.09. The molecule has 0 radical (unpaired) electrons. The van der Waals surface area contributed by atoms with Gasteiger partial charge in [0.15, 0.2) is 0 Å². The first kappa shape index (κ1) is 11.8. The van der Waals surface area contributed by atoms with Crippen LogP contribution in [0.25, 0.3) is 12.2 Å². The van der Waals surface area contributed by atoms with Crippen LogP contribution in [0.5, 0.6) is 0 Å². The molecule has 0 amide bonds. The summed E-state index contributed by atoms with van der Waals surface area (Å²) in [7, 11) is -1.40. The zero-order valence-corrected chi connectivity index (χ0v) is 10.0. The van der Waals surface area contributed by atoms with Crippen LogP contribution in [0.1, 0.15) is 11.1 Å². The molecule has 0 saturated heterocycles. The quantitative estimate of drug-likeness (QED) is 0.784. The summed E-state index contributed by atoms with van der Waals surface area (Å²) in [6.07, 6.45) is 4.05. The topological polar surface area (TPSA) is 44.1 Å². The molecule has 2 aromatic carbocycles. The highest BCUT2D eigenvalue weighted by atomic mass is 32.2. The Balaban J connectivity index is 2.14. The highest BCUT2D eigenvalue weighted by Gasteiger charge is 1.94. The van der Waals surface area contributed by atoms with Crippen molar-refractivity contribution in [1.29, 1.82) is 4.78 Å². The molecule has 2 nitrogen and oxygen atoms in total. The molecule has 0 spiro atoms. The predicted octanol–water partition coefficient (Wildman–Crippen LogP) is 4.07. The van der Waals surface area contributed by atoms with Crippen LogP contribution in [0.15, 0.2) is 59.5 Å². The SMILES string of the molecule is N=S(O)c1ccc(C=Cc2ccccc2)cc1. The molecule has 3 heteroatoms. The van der Waals surface area contributed by atoms with Gasteiger partial charge >= 0.3 is 0 Å². The molecular formula is C14H13NOS. The Hall–Kier alpha value is -1.71. The van der Waals surface area contributed by atoms with E-state index in [0.29, 0.717) is 4.90 Å². The molecular weight excluding hydrogens is 230 g/mol. The van der Waals surface area contributed by atoms with Crippen LogP contribution >= 0.6 is 0 Å². The summed E-state index contributed by atoms with van der Waals surface area (Å²) >= 11 is 0. The monoisotopic (exact) mass is 243 g/mol. The minimum Gasteiger partial charge on any atom is -0.318 e. The number of benzene rings is 2. The van der Waals surface area contributed by atoms with Gasteiger partial charge in [0, 0.05) is 4.90 Å². The molecule has 2 aromatic rings. The van der Waals surface area contributed by atoms with E-state index in [1.165, 1.54) is 0 Å². The second kappa shape index (κ2) is 5.57. The van der Waals surface area contributed by atoms with E-state index < -0.39 is 11.0 Å². The largest absolute Gasteiger partial charge is 0.318 e. The molecule has 1 atom stereocenters. The molecule has 2 rings (SSSR count). The van der Waals surface area contributed by atoms with Crippen molar-refractivity contribution in [3.63, 3.8) is 0 Å². The number of nitrogens with one attached hydrogen (secondary N) is 1. The normalized spacial score (nSPS) is 12.8. The standard InChI is InChI=1S/C14H13NOS/c15-17(16)14-10-8-13(9-11-14)7-6-12-4-2-1-3-5-12/h1-11H,(H2,15,16). The van der Waals surface area contributed by atoms with Crippen LogP contribution in [-0.2, 0) is 11.0 Å². The van der Waals surface area contributed by atoms with Gasteiger partial charge < -0.3 is 4.55 Å². The van der Waals surface area contributed by atoms with Crippen LogP contribution in [-0.4, -0.2) is 4.55 Å². The molecule has 2 N–H and O–H groups in total. The Morgan fingerprint density at radius 1 is 0.824 bits per heavy atom. The van der Waals surface area contributed by atoms with Crippen molar-refractivity contribution < 1.29 is 4.55 Å². The highest BCUT2D eigenvalue weighted by Crippen LogP contribution is 2.11. The minimum atomic E-state index is -1.40. The molecule has 0 aliphatic heterocycles. The lowest BCUT2D eigenvalue weighted by Crippen LogP contribution is -1.85. The van der Waals surface area contributed by atoms with Crippen LogP contribution in [0, 0.1) is 4.78 Å². The highest BCUT2D eigenvalue weighted by molar-refractivity contribution is 7.80. The molecule has 0 saturated carbocycles. The van der Waals surface area contributed by atoms with E-state index in [-0.39, 0.29) is 0 Å². The van der Waals surface area contributed by atoms with Gasteiger partial charge in [0.2, 0.25) is 0 Å². The average Bonchev–Trinajstić information content (AvgIpc) is 2.38. The van der Waals surface area contributed by atoms with Crippen LogP contribution in [0.4, 0.5) is 0 Å². The molecule has 0 aromatic heterocycles. The van der Waals surface area contributed by atoms with Gasteiger partial charge in [-0.15, -0.1) is 0 Å². The number of hydrogen-bond acceptors (Lipinski definition) is 1. The first-order valence-corrected chi connectivity index (χ1v) is 6.42. The van der Waals surface area contributed by atoms with Crippen molar-refractivity contribution in [3.05, 3.63) is 65.7 Å². The molecule has 0 bridgehead atoms.